The molecule has 1 fully saturated rings. The van der Waals surface area contributed by atoms with Crippen LogP contribution >= 0.6 is 0 Å². The zero-order valence-electron chi connectivity index (χ0n) is 22.1. The average molecular weight is 542 g/mol. The third kappa shape index (κ3) is 6.74. The minimum Gasteiger partial charge on any atom is -0.478 e. The lowest BCUT2D eigenvalue weighted by molar-refractivity contribution is -0.152. The van der Waals surface area contributed by atoms with Crippen LogP contribution in [0.2, 0.25) is 0 Å². The number of halogens is 3. The number of nitrogens with one attached hydrogen (secondary N) is 1. The fourth-order valence-corrected chi connectivity index (χ4v) is 4.19. The number of amides is 1. The van der Waals surface area contributed by atoms with Crippen molar-refractivity contribution in [3.63, 3.8) is 0 Å². The number of carbonyl (C=O) groups is 2. The standard InChI is InChI=1S/C29H30F3N3O4/c1-16-12-18(8-11-23(16)39-28(3,4)27(37)38)13-17(2)34-26(36)22-15-33-25(35-24(22)19-9-10-19)20-6-5-7-21(14-20)29(30,31)32/h5-8,11-12,14-15,17,19H,9-10,13H2,1-4H3,(H,34,36)(H,37,38). The van der Waals surface area contributed by atoms with Gasteiger partial charge in [-0.15, -0.1) is 0 Å². The van der Waals surface area contributed by atoms with Gasteiger partial charge in [-0.1, -0.05) is 24.3 Å². The molecule has 10 heteroatoms. The fourth-order valence-electron chi connectivity index (χ4n) is 4.19. The van der Waals surface area contributed by atoms with E-state index in [-0.39, 0.29) is 29.3 Å². The molecule has 1 aromatic heterocycles. The summed E-state index contributed by atoms with van der Waals surface area (Å²) in [5.74, 6) is -0.732. The first-order valence-electron chi connectivity index (χ1n) is 12.6. The normalized spacial score (nSPS) is 14.5. The number of carboxylic acids is 1. The summed E-state index contributed by atoms with van der Waals surface area (Å²) in [6.07, 6.45) is -0.884. The number of nitrogens with zero attached hydrogens (tertiary/aromatic N) is 2. The first kappa shape index (κ1) is 28.1. The molecule has 0 spiro atoms. The largest absolute Gasteiger partial charge is 0.478 e. The second-order valence-electron chi connectivity index (χ2n) is 10.4. The predicted molar refractivity (Wildman–Crippen MR) is 139 cm³/mol. The van der Waals surface area contributed by atoms with Gasteiger partial charge in [0.1, 0.15) is 5.75 Å². The SMILES string of the molecule is Cc1cc(CC(C)NC(=O)c2cnc(-c3cccc(C(F)(F)F)c3)nc2C2CC2)ccc1OC(C)(C)C(=O)O. The van der Waals surface area contributed by atoms with Crippen LogP contribution < -0.4 is 10.1 Å². The van der Waals surface area contributed by atoms with E-state index in [1.165, 1.54) is 32.2 Å². The van der Waals surface area contributed by atoms with Crippen LogP contribution in [0.5, 0.6) is 5.75 Å². The number of ether oxygens (including phenoxy) is 1. The maximum Gasteiger partial charge on any atom is 0.416 e. The zero-order chi connectivity index (χ0) is 28.5. The smallest absolute Gasteiger partial charge is 0.416 e. The molecule has 2 N–H and O–H groups in total. The quantitative estimate of drug-likeness (QED) is 0.347. The molecule has 1 amide bonds. The van der Waals surface area contributed by atoms with Crippen molar-refractivity contribution >= 4 is 11.9 Å². The van der Waals surface area contributed by atoms with Crippen LogP contribution in [0.3, 0.4) is 0 Å². The van der Waals surface area contributed by atoms with Gasteiger partial charge in [0.15, 0.2) is 11.4 Å². The van der Waals surface area contributed by atoms with Crippen LogP contribution in [0.1, 0.15) is 72.3 Å². The summed E-state index contributed by atoms with van der Waals surface area (Å²) in [6, 6.07) is 10.0. The Kier molecular flexibility index (Phi) is 7.68. The number of alkyl halides is 3. The molecule has 7 nitrogen and oxygen atoms in total. The Hall–Kier alpha value is -3.95. The number of hydrogen-bond acceptors (Lipinski definition) is 5. The van der Waals surface area contributed by atoms with E-state index in [1.54, 1.807) is 6.07 Å². The Morgan fingerprint density at radius 1 is 1.15 bits per heavy atom. The van der Waals surface area contributed by atoms with Crippen molar-refractivity contribution in [2.75, 3.05) is 0 Å². The molecule has 1 aliphatic rings. The molecule has 4 rings (SSSR count). The summed E-state index contributed by atoms with van der Waals surface area (Å²) < 4.78 is 45.1. The lowest BCUT2D eigenvalue weighted by atomic mass is 10.0. The molecule has 1 unspecified atom stereocenters. The van der Waals surface area contributed by atoms with Gasteiger partial charge in [-0.3, -0.25) is 4.79 Å². The maximum atomic E-state index is 13.2. The topological polar surface area (TPSA) is 101 Å². The number of carbonyl (C=O) groups excluding carboxylic acids is 1. The second-order valence-corrected chi connectivity index (χ2v) is 10.4. The van der Waals surface area contributed by atoms with Gasteiger partial charge >= 0.3 is 12.1 Å². The number of aliphatic carboxylic acids is 1. The van der Waals surface area contributed by atoms with Gasteiger partial charge in [0.25, 0.3) is 5.91 Å². The molecular formula is C29H30F3N3O4. The van der Waals surface area contributed by atoms with E-state index >= 15 is 0 Å². The molecule has 0 radical (unpaired) electrons. The maximum absolute atomic E-state index is 13.2. The van der Waals surface area contributed by atoms with Crippen LogP contribution in [0.25, 0.3) is 11.4 Å². The fraction of sp³-hybridized carbons (Fsp3) is 0.379. The van der Waals surface area contributed by atoms with Gasteiger partial charge in [-0.05, 0) is 76.3 Å². The van der Waals surface area contributed by atoms with Crippen molar-refractivity contribution in [2.45, 2.75) is 70.7 Å². The zero-order valence-corrected chi connectivity index (χ0v) is 22.1. The van der Waals surface area contributed by atoms with E-state index in [1.807, 2.05) is 26.0 Å². The Balaban J connectivity index is 1.47. The molecular weight excluding hydrogens is 511 g/mol. The monoisotopic (exact) mass is 541 g/mol. The molecule has 0 aliphatic heterocycles. The number of aromatic nitrogens is 2. The molecule has 1 heterocycles. The van der Waals surface area contributed by atoms with E-state index in [9.17, 15) is 27.9 Å². The van der Waals surface area contributed by atoms with Crippen LogP contribution in [0.4, 0.5) is 13.2 Å². The molecule has 3 aromatic rings. The van der Waals surface area contributed by atoms with Crippen molar-refractivity contribution in [2.24, 2.45) is 0 Å². The van der Waals surface area contributed by atoms with Gasteiger partial charge in [-0.2, -0.15) is 13.2 Å². The highest BCUT2D eigenvalue weighted by Crippen LogP contribution is 2.41. The summed E-state index contributed by atoms with van der Waals surface area (Å²) in [5, 5.41) is 12.3. The average Bonchev–Trinajstić information content (AvgIpc) is 3.70. The molecule has 1 saturated carbocycles. The number of hydrogen-bond donors (Lipinski definition) is 2. The lowest BCUT2D eigenvalue weighted by Gasteiger charge is -2.23. The molecule has 2 aromatic carbocycles. The van der Waals surface area contributed by atoms with Gasteiger partial charge < -0.3 is 15.2 Å². The van der Waals surface area contributed by atoms with Gasteiger partial charge in [0.05, 0.1) is 16.8 Å². The Bertz CT molecular complexity index is 1400. The first-order valence-corrected chi connectivity index (χ1v) is 12.6. The van der Waals surface area contributed by atoms with E-state index in [4.69, 9.17) is 4.74 Å². The first-order chi connectivity index (χ1) is 18.2. The highest BCUT2D eigenvalue weighted by molar-refractivity contribution is 5.95. The summed E-state index contributed by atoms with van der Waals surface area (Å²) >= 11 is 0. The second kappa shape index (κ2) is 10.7. The molecule has 0 saturated heterocycles. The third-order valence-corrected chi connectivity index (χ3v) is 6.51. The lowest BCUT2D eigenvalue weighted by Crippen LogP contribution is -2.38. The van der Waals surface area contributed by atoms with Crippen LogP contribution in [-0.2, 0) is 17.4 Å². The van der Waals surface area contributed by atoms with Crippen LogP contribution in [0, 0.1) is 6.92 Å². The summed E-state index contributed by atoms with van der Waals surface area (Å²) in [4.78, 5) is 33.3. The highest BCUT2D eigenvalue weighted by atomic mass is 19.4. The van der Waals surface area contributed by atoms with E-state index < -0.39 is 23.3 Å². The number of aryl methyl sites for hydroxylation is 1. The minimum atomic E-state index is -4.48. The van der Waals surface area contributed by atoms with Crippen molar-refractivity contribution in [3.05, 3.63) is 76.6 Å². The van der Waals surface area contributed by atoms with E-state index in [2.05, 4.69) is 15.3 Å². The van der Waals surface area contributed by atoms with Gasteiger partial charge in [0.2, 0.25) is 0 Å². The van der Waals surface area contributed by atoms with E-state index in [0.29, 0.717) is 23.4 Å². The highest BCUT2D eigenvalue weighted by Gasteiger charge is 2.33. The summed E-state index contributed by atoms with van der Waals surface area (Å²) in [5.41, 5.74) is 0.644. The Morgan fingerprint density at radius 3 is 2.49 bits per heavy atom. The third-order valence-electron chi connectivity index (χ3n) is 6.51. The Morgan fingerprint density at radius 2 is 1.87 bits per heavy atom. The minimum absolute atomic E-state index is 0.0684. The molecule has 0 bridgehead atoms. The van der Waals surface area contributed by atoms with Crippen molar-refractivity contribution in [1.29, 1.82) is 0 Å². The molecule has 206 valence electrons. The van der Waals surface area contributed by atoms with Crippen LogP contribution in [0.15, 0.2) is 48.7 Å². The molecule has 1 aliphatic carbocycles. The Labute approximate surface area is 224 Å². The van der Waals surface area contributed by atoms with Gasteiger partial charge in [0, 0.05) is 23.7 Å². The summed E-state index contributed by atoms with van der Waals surface area (Å²) in [6.45, 7) is 6.64. The van der Waals surface area contributed by atoms with Gasteiger partial charge in [-0.25, -0.2) is 14.8 Å². The molecule has 1 atom stereocenters. The van der Waals surface area contributed by atoms with E-state index in [0.717, 1.165) is 36.1 Å². The predicted octanol–water partition coefficient (Wildman–Crippen LogP) is 5.95. The number of rotatable bonds is 9. The number of carboxylic acid groups (broad SMARTS) is 1. The van der Waals surface area contributed by atoms with Crippen molar-refractivity contribution < 1.29 is 32.6 Å². The van der Waals surface area contributed by atoms with Crippen molar-refractivity contribution in [1.82, 2.24) is 15.3 Å². The number of benzene rings is 2. The van der Waals surface area contributed by atoms with Crippen LogP contribution in [-0.4, -0.2) is 38.6 Å². The van der Waals surface area contributed by atoms with Crippen molar-refractivity contribution in [3.8, 4) is 17.1 Å². The summed E-state index contributed by atoms with van der Waals surface area (Å²) in [7, 11) is 0. The molecule has 39 heavy (non-hydrogen) atoms.